The lowest BCUT2D eigenvalue weighted by atomic mass is 10.2. The maximum Gasteiger partial charge on any atom is 0.374 e. The van der Waals surface area contributed by atoms with Gasteiger partial charge in [0.2, 0.25) is 5.76 Å². The van der Waals surface area contributed by atoms with Crippen molar-refractivity contribution in [1.82, 2.24) is 4.90 Å². The number of esters is 2. The van der Waals surface area contributed by atoms with Crippen molar-refractivity contribution in [2.45, 2.75) is 20.4 Å². The summed E-state index contributed by atoms with van der Waals surface area (Å²) < 4.78 is 15.0. The van der Waals surface area contributed by atoms with Gasteiger partial charge >= 0.3 is 11.9 Å². The predicted octanol–water partition coefficient (Wildman–Crippen LogP) is 1.93. The Kier molecular flexibility index (Phi) is 6.68. The van der Waals surface area contributed by atoms with Crippen LogP contribution >= 0.6 is 0 Å². The van der Waals surface area contributed by atoms with Crippen LogP contribution < -0.4 is 0 Å². The van der Waals surface area contributed by atoms with Crippen LogP contribution in [-0.2, 0) is 20.8 Å². The van der Waals surface area contributed by atoms with E-state index >= 15 is 0 Å². The third-order valence-corrected chi connectivity index (χ3v) is 2.76. The van der Waals surface area contributed by atoms with Crippen LogP contribution in [0.3, 0.4) is 0 Å². The highest BCUT2D eigenvalue weighted by atomic mass is 16.5. The van der Waals surface area contributed by atoms with Gasteiger partial charge in [-0.05, 0) is 19.9 Å². The van der Waals surface area contributed by atoms with E-state index in [4.69, 9.17) is 9.15 Å². The summed E-state index contributed by atoms with van der Waals surface area (Å²) >= 11 is 0. The molecule has 0 aromatic carbocycles. The summed E-state index contributed by atoms with van der Waals surface area (Å²) in [4.78, 5) is 24.9. The van der Waals surface area contributed by atoms with Gasteiger partial charge in [-0.15, -0.1) is 6.58 Å². The Morgan fingerprint density at radius 2 is 2.19 bits per heavy atom. The lowest BCUT2D eigenvalue weighted by molar-refractivity contribution is -0.144. The van der Waals surface area contributed by atoms with Gasteiger partial charge in [0, 0.05) is 12.1 Å². The summed E-state index contributed by atoms with van der Waals surface area (Å²) in [7, 11) is 1.30. The second kappa shape index (κ2) is 8.26. The largest absolute Gasteiger partial charge is 0.465 e. The molecule has 6 nitrogen and oxygen atoms in total. The number of rotatable bonds is 8. The van der Waals surface area contributed by atoms with Gasteiger partial charge in [-0.2, -0.15) is 0 Å². The molecule has 0 atom stereocenters. The van der Waals surface area contributed by atoms with Gasteiger partial charge < -0.3 is 13.9 Å². The van der Waals surface area contributed by atoms with E-state index in [1.807, 2.05) is 4.90 Å². The van der Waals surface area contributed by atoms with Crippen molar-refractivity contribution in [3.05, 3.63) is 35.8 Å². The van der Waals surface area contributed by atoms with Crippen molar-refractivity contribution in [3.63, 3.8) is 0 Å². The molecular weight excluding hydrogens is 274 g/mol. The smallest absolute Gasteiger partial charge is 0.374 e. The molecule has 0 radical (unpaired) electrons. The van der Waals surface area contributed by atoms with Crippen LogP contribution in [0, 0.1) is 6.92 Å². The molecule has 0 N–H and O–H groups in total. The van der Waals surface area contributed by atoms with Crippen molar-refractivity contribution in [1.29, 1.82) is 0 Å². The topological polar surface area (TPSA) is 69.0 Å². The van der Waals surface area contributed by atoms with Gasteiger partial charge in [0.1, 0.15) is 5.76 Å². The maximum atomic E-state index is 11.5. The second-order valence-electron chi connectivity index (χ2n) is 4.48. The third-order valence-electron chi connectivity index (χ3n) is 2.76. The van der Waals surface area contributed by atoms with Crippen molar-refractivity contribution < 1.29 is 23.5 Å². The van der Waals surface area contributed by atoms with Gasteiger partial charge in [0.25, 0.3) is 0 Å². The first-order valence-corrected chi connectivity index (χ1v) is 6.68. The first kappa shape index (κ1) is 17.0. The molecule has 0 spiro atoms. The third kappa shape index (κ3) is 5.07. The Balaban J connectivity index is 2.77. The maximum absolute atomic E-state index is 11.5. The zero-order valence-electron chi connectivity index (χ0n) is 12.7. The monoisotopic (exact) mass is 295 g/mol. The number of hydrogen-bond acceptors (Lipinski definition) is 6. The number of carbonyl (C=O) groups is 2. The molecule has 0 saturated carbocycles. The summed E-state index contributed by atoms with van der Waals surface area (Å²) in [6.45, 7) is 8.54. The van der Waals surface area contributed by atoms with Crippen molar-refractivity contribution in [3.8, 4) is 0 Å². The number of nitrogens with zero attached hydrogens (tertiary/aromatic N) is 1. The molecular formula is C15H21NO5. The zero-order chi connectivity index (χ0) is 15.8. The van der Waals surface area contributed by atoms with Crippen molar-refractivity contribution in [2.75, 3.05) is 26.8 Å². The molecule has 1 heterocycles. The lowest BCUT2D eigenvalue weighted by Crippen LogP contribution is -2.30. The normalized spacial score (nSPS) is 10.5. The molecule has 21 heavy (non-hydrogen) atoms. The first-order valence-electron chi connectivity index (χ1n) is 6.68. The van der Waals surface area contributed by atoms with Crippen LogP contribution in [0.4, 0.5) is 0 Å². The van der Waals surface area contributed by atoms with Crippen LogP contribution in [0.15, 0.2) is 23.1 Å². The summed E-state index contributed by atoms with van der Waals surface area (Å²) in [6.07, 6.45) is 1.69. The Labute approximate surface area is 124 Å². The summed E-state index contributed by atoms with van der Waals surface area (Å²) in [5.74, 6) is -0.0588. The van der Waals surface area contributed by atoms with Crippen LogP contribution in [-0.4, -0.2) is 43.6 Å². The summed E-state index contributed by atoms with van der Waals surface area (Å²) in [5.41, 5.74) is 0.700. The van der Waals surface area contributed by atoms with Crippen LogP contribution in [0.25, 0.3) is 0 Å². The van der Waals surface area contributed by atoms with E-state index in [1.165, 1.54) is 7.11 Å². The number of furan rings is 1. The second-order valence-corrected chi connectivity index (χ2v) is 4.48. The fourth-order valence-corrected chi connectivity index (χ4v) is 1.90. The van der Waals surface area contributed by atoms with Gasteiger partial charge in [0.05, 0.1) is 26.8 Å². The standard InChI is InChI=1S/C15H21NO5/c1-5-7-16(10-13(17)20-6-2)9-12-8-11(3)14(21-12)15(18)19-4/h5,8H,1,6-7,9-10H2,2-4H3. The number of hydrogen-bond donors (Lipinski definition) is 0. The Hall–Kier alpha value is -2.08. The molecule has 0 aliphatic rings. The molecule has 1 rings (SSSR count). The van der Waals surface area contributed by atoms with Gasteiger partial charge in [0.15, 0.2) is 0 Å². The lowest BCUT2D eigenvalue weighted by Gasteiger charge is -2.17. The molecule has 0 bridgehead atoms. The fourth-order valence-electron chi connectivity index (χ4n) is 1.90. The quantitative estimate of drug-likeness (QED) is 0.539. The Morgan fingerprint density at radius 1 is 1.48 bits per heavy atom. The van der Waals surface area contributed by atoms with E-state index in [0.717, 1.165) is 0 Å². The molecule has 1 aromatic heterocycles. The number of aryl methyl sites for hydroxylation is 1. The van der Waals surface area contributed by atoms with E-state index in [1.54, 1.807) is 26.0 Å². The van der Waals surface area contributed by atoms with Gasteiger partial charge in [-0.25, -0.2) is 4.79 Å². The summed E-state index contributed by atoms with van der Waals surface area (Å²) in [5, 5.41) is 0. The van der Waals surface area contributed by atoms with Crippen LogP contribution in [0.2, 0.25) is 0 Å². The molecule has 0 saturated heterocycles. The predicted molar refractivity (Wildman–Crippen MR) is 76.9 cm³/mol. The Morgan fingerprint density at radius 3 is 2.76 bits per heavy atom. The first-order chi connectivity index (χ1) is 10.0. The highest BCUT2D eigenvalue weighted by Crippen LogP contribution is 2.17. The van der Waals surface area contributed by atoms with E-state index in [9.17, 15) is 9.59 Å². The van der Waals surface area contributed by atoms with E-state index in [-0.39, 0.29) is 18.3 Å². The molecule has 0 fully saturated rings. The van der Waals surface area contributed by atoms with Crippen LogP contribution in [0.5, 0.6) is 0 Å². The number of methoxy groups -OCH3 is 1. The minimum absolute atomic E-state index is 0.132. The molecule has 0 unspecified atom stereocenters. The average molecular weight is 295 g/mol. The van der Waals surface area contributed by atoms with Crippen molar-refractivity contribution in [2.24, 2.45) is 0 Å². The minimum atomic E-state index is -0.514. The molecule has 6 heteroatoms. The highest BCUT2D eigenvalue weighted by molar-refractivity contribution is 5.87. The van der Waals surface area contributed by atoms with E-state index < -0.39 is 5.97 Å². The average Bonchev–Trinajstić information content (AvgIpc) is 2.79. The fraction of sp³-hybridized carbons (Fsp3) is 0.467. The zero-order valence-corrected chi connectivity index (χ0v) is 12.7. The molecule has 0 amide bonds. The molecule has 0 aliphatic carbocycles. The van der Waals surface area contributed by atoms with E-state index in [2.05, 4.69) is 11.3 Å². The van der Waals surface area contributed by atoms with E-state index in [0.29, 0.717) is 31.0 Å². The van der Waals surface area contributed by atoms with Gasteiger partial charge in [-0.3, -0.25) is 9.69 Å². The highest BCUT2D eigenvalue weighted by Gasteiger charge is 2.18. The van der Waals surface area contributed by atoms with Crippen LogP contribution in [0.1, 0.15) is 28.8 Å². The number of ether oxygens (including phenoxy) is 2. The number of carbonyl (C=O) groups excluding carboxylic acids is 2. The minimum Gasteiger partial charge on any atom is -0.465 e. The molecule has 1 aromatic rings. The Bertz CT molecular complexity index is 506. The molecule has 116 valence electrons. The van der Waals surface area contributed by atoms with Gasteiger partial charge in [-0.1, -0.05) is 6.08 Å². The van der Waals surface area contributed by atoms with Crippen molar-refractivity contribution >= 4 is 11.9 Å². The molecule has 0 aliphatic heterocycles. The summed E-state index contributed by atoms with van der Waals surface area (Å²) in [6, 6.07) is 1.76. The SMILES string of the molecule is C=CCN(CC(=O)OCC)Cc1cc(C)c(C(=O)OC)o1.